The maximum absolute atomic E-state index is 13.3. The van der Waals surface area contributed by atoms with Gasteiger partial charge in [0.15, 0.2) is 5.76 Å². The molecule has 0 saturated carbocycles. The maximum atomic E-state index is 13.3. The summed E-state index contributed by atoms with van der Waals surface area (Å²) < 4.78 is 11.0. The SMILES string of the molecule is O=C(Nc1ccc2c(c1)N(C(=O)CNCc1cccnc1)CC(=O)N2CCOc1ccccc1)c1ccco1. The number of benzene rings is 2. The van der Waals surface area contributed by atoms with Crippen LogP contribution in [0.1, 0.15) is 16.1 Å². The minimum absolute atomic E-state index is 0.0156. The van der Waals surface area contributed by atoms with Gasteiger partial charge in [-0.3, -0.25) is 24.3 Å². The van der Waals surface area contributed by atoms with Gasteiger partial charge < -0.3 is 24.7 Å². The highest BCUT2D eigenvalue weighted by Gasteiger charge is 2.32. The lowest BCUT2D eigenvalue weighted by atomic mass is 10.1. The predicted molar refractivity (Wildman–Crippen MR) is 146 cm³/mol. The lowest BCUT2D eigenvalue weighted by molar-refractivity contribution is -0.122. The molecule has 10 nitrogen and oxygen atoms in total. The van der Waals surface area contributed by atoms with Crippen LogP contribution in [0.5, 0.6) is 5.75 Å². The van der Waals surface area contributed by atoms with E-state index in [1.54, 1.807) is 47.6 Å². The molecular weight excluding hydrogens is 498 g/mol. The van der Waals surface area contributed by atoms with Crippen molar-refractivity contribution in [3.63, 3.8) is 0 Å². The first-order chi connectivity index (χ1) is 19.1. The quantitative estimate of drug-likeness (QED) is 0.326. The van der Waals surface area contributed by atoms with E-state index in [0.29, 0.717) is 35.9 Å². The average Bonchev–Trinajstić information content (AvgIpc) is 3.51. The Labute approximate surface area is 225 Å². The van der Waals surface area contributed by atoms with Crippen LogP contribution < -0.4 is 25.2 Å². The summed E-state index contributed by atoms with van der Waals surface area (Å²) in [5, 5.41) is 5.90. The lowest BCUT2D eigenvalue weighted by Crippen LogP contribution is -2.51. The van der Waals surface area contributed by atoms with Gasteiger partial charge >= 0.3 is 0 Å². The number of rotatable bonds is 10. The minimum Gasteiger partial charge on any atom is -0.492 e. The molecule has 0 radical (unpaired) electrons. The molecular formula is C29H27N5O5. The Morgan fingerprint density at radius 2 is 1.87 bits per heavy atom. The largest absolute Gasteiger partial charge is 0.492 e. The second kappa shape index (κ2) is 12.1. The van der Waals surface area contributed by atoms with Crippen molar-refractivity contribution in [2.45, 2.75) is 6.54 Å². The fourth-order valence-corrected chi connectivity index (χ4v) is 4.24. The summed E-state index contributed by atoms with van der Waals surface area (Å²) in [4.78, 5) is 46.1. The number of nitrogens with one attached hydrogen (secondary N) is 2. The van der Waals surface area contributed by atoms with Crippen LogP contribution in [-0.4, -0.2) is 48.9 Å². The third kappa shape index (κ3) is 6.31. The first-order valence-corrected chi connectivity index (χ1v) is 12.5. The van der Waals surface area contributed by atoms with Gasteiger partial charge in [0.05, 0.1) is 30.7 Å². The van der Waals surface area contributed by atoms with Crippen molar-refractivity contribution in [2.24, 2.45) is 0 Å². The molecule has 0 aliphatic carbocycles. The highest BCUT2D eigenvalue weighted by molar-refractivity contribution is 6.12. The standard InChI is InChI=1S/C29H27N5O5/c35-27(19-31-18-21-6-4-12-30-17-21)34-20-28(36)33(13-15-38-23-7-2-1-3-8-23)24-11-10-22(16-25(24)34)32-29(37)26-9-5-14-39-26/h1-12,14,16-17,31H,13,15,18-20H2,(H,32,37). The molecule has 5 rings (SSSR count). The van der Waals surface area contributed by atoms with E-state index in [-0.39, 0.29) is 37.3 Å². The summed E-state index contributed by atoms with van der Waals surface area (Å²) >= 11 is 0. The predicted octanol–water partition coefficient (Wildman–Crippen LogP) is 3.48. The van der Waals surface area contributed by atoms with Crippen molar-refractivity contribution in [2.75, 3.05) is 41.4 Å². The van der Waals surface area contributed by atoms with Crippen molar-refractivity contribution in [1.82, 2.24) is 10.3 Å². The number of pyridine rings is 1. The molecule has 10 heteroatoms. The van der Waals surface area contributed by atoms with Gasteiger partial charge in [0.2, 0.25) is 11.8 Å². The molecule has 3 heterocycles. The van der Waals surface area contributed by atoms with E-state index < -0.39 is 5.91 Å². The number of furan rings is 1. The zero-order valence-corrected chi connectivity index (χ0v) is 21.1. The molecule has 1 aliphatic rings. The van der Waals surface area contributed by atoms with Gasteiger partial charge in [0.25, 0.3) is 5.91 Å². The van der Waals surface area contributed by atoms with E-state index in [2.05, 4.69) is 15.6 Å². The molecule has 198 valence electrons. The Kier molecular flexibility index (Phi) is 7.94. The Hall–Kier alpha value is -4.96. The smallest absolute Gasteiger partial charge is 0.291 e. The zero-order chi connectivity index (χ0) is 27.0. The number of carbonyl (C=O) groups excluding carboxylic acids is 3. The van der Waals surface area contributed by atoms with E-state index in [4.69, 9.17) is 9.15 Å². The van der Waals surface area contributed by atoms with Crippen LogP contribution in [-0.2, 0) is 16.1 Å². The number of hydrogen-bond donors (Lipinski definition) is 2. The zero-order valence-electron chi connectivity index (χ0n) is 21.1. The highest BCUT2D eigenvalue weighted by Crippen LogP contribution is 2.36. The van der Waals surface area contributed by atoms with Gasteiger partial charge in [-0.05, 0) is 54.1 Å². The Bertz CT molecular complexity index is 1430. The van der Waals surface area contributed by atoms with Crippen LogP contribution in [0.3, 0.4) is 0 Å². The number of ether oxygens (including phenoxy) is 1. The van der Waals surface area contributed by atoms with Gasteiger partial charge in [0, 0.05) is 24.6 Å². The summed E-state index contributed by atoms with van der Waals surface area (Å²) in [5.74, 6) is -0.0592. The molecule has 0 atom stereocenters. The van der Waals surface area contributed by atoms with E-state index in [0.717, 1.165) is 5.56 Å². The summed E-state index contributed by atoms with van der Waals surface area (Å²) in [6.45, 7) is 0.895. The number of hydrogen-bond acceptors (Lipinski definition) is 7. The number of aromatic nitrogens is 1. The van der Waals surface area contributed by atoms with Crippen LogP contribution in [0.4, 0.5) is 17.1 Å². The molecule has 2 N–H and O–H groups in total. The van der Waals surface area contributed by atoms with E-state index in [1.807, 2.05) is 42.5 Å². The lowest BCUT2D eigenvalue weighted by Gasteiger charge is -2.36. The van der Waals surface area contributed by atoms with Crippen LogP contribution in [0.2, 0.25) is 0 Å². The number of fused-ring (bicyclic) bond motifs is 1. The van der Waals surface area contributed by atoms with Crippen LogP contribution in [0.25, 0.3) is 0 Å². The van der Waals surface area contributed by atoms with Crippen molar-refractivity contribution in [1.29, 1.82) is 0 Å². The van der Waals surface area contributed by atoms with Gasteiger partial charge in [-0.15, -0.1) is 0 Å². The molecule has 39 heavy (non-hydrogen) atoms. The normalized spacial score (nSPS) is 12.7. The summed E-state index contributed by atoms with van der Waals surface area (Å²) in [6.07, 6.45) is 4.83. The van der Waals surface area contributed by atoms with Gasteiger partial charge in [-0.25, -0.2) is 0 Å². The van der Waals surface area contributed by atoms with Crippen LogP contribution >= 0.6 is 0 Å². The molecule has 1 aliphatic heterocycles. The Balaban J connectivity index is 1.34. The summed E-state index contributed by atoms with van der Waals surface area (Å²) in [6, 6.07) is 21.4. The first-order valence-electron chi connectivity index (χ1n) is 12.5. The molecule has 0 spiro atoms. The summed E-state index contributed by atoms with van der Waals surface area (Å²) in [7, 11) is 0. The summed E-state index contributed by atoms with van der Waals surface area (Å²) in [5.41, 5.74) is 2.47. The molecule has 2 aromatic heterocycles. The monoisotopic (exact) mass is 525 g/mol. The van der Waals surface area contributed by atoms with Gasteiger partial charge in [-0.2, -0.15) is 0 Å². The molecule has 3 amide bonds. The Morgan fingerprint density at radius 3 is 2.64 bits per heavy atom. The van der Waals surface area contributed by atoms with Crippen LogP contribution in [0, 0.1) is 0 Å². The second-order valence-electron chi connectivity index (χ2n) is 8.79. The van der Waals surface area contributed by atoms with Gasteiger partial charge in [0.1, 0.15) is 18.9 Å². The maximum Gasteiger partial charge on any atom is 0.291 e. The molecule has 0 bridgehead atoms. The molecule has 0 fully saturated rings. The molecule has 0 unspecified atom stereocenters. The van der Waals surface area contributed by atoms with Crippen LogP contribution in [0.15, 0.2) is 95.9 Å². The average molecular weight is 526 g/mol. The van der Waals surface area contributed by atoms with E-state index >= 15 is 0 Å². The molecule has 4 aromatic rings. The fraction of sp³-hybridized carbons (Fsp3) is 0.172. The van der Waals surface area contributed by atoms with Crippen molar-refractivity contribution in [3.05, 3.63) is 103 Å². The number of para-hydroxylation sites is 1. The van der Waals surface area contributed by atoms with E-state index in [9.17, 15) is 14.4 Å². The third-order valence-electron chi connectivity index (χ3n) is 6.11. The first kappa shape index (κ1) is 25.7. The Morgan fingerprint density at radius 1 is 1.00 bits per heavy atom. The van der Waals surface area contributed by atoms with E-state index in [1.165, 1.54) is 11.2 Å². The molecule has 2 aromatic carbocycles. The second-order valence-corrected chi connectivity index (χ2v) is 8.79. The topological polar surface area (TPSA) is 117 Å². The number of carbonyl (C=O) groups is 3. The number of nitrogens with zero attached hydrogens (tertiary/aromatic N) is 3. The number of amides is 3. The molecule has 0 saturated heterocycles. The highest BCUT2D eigenvalue weighted by atomic mass is 16.5. The fourth-order valence-electron chi connectivity index (χ4n) is 4.24. The minimum atomic E-state index is -0.420. The number of anilines is 3. The van der Waals surface area contributed by atoms with Gasteiger partial charge in [-0.1, -0.05) is 24.3 Å². The van der Waals surface area contributed by atoms with Crippen molar-refractivity contribution in [3.8, 4) is 5.75 Å². The third-order valence-corrected chi connectivity index (χ3v) is 6.11. The van der Waals surface area contributed by atoms with Crippen molar-refractivity contribution >= 4 is 34.8 Å². The van der Waals surface area contributed by atoms with Crippen molar-refractivity contribution < 1.29 is 23.5 Å².